The molecule has 1 aliphatic heterocycles. The molecule has 1 aromatic rings. The third kappa shape index (κ3) is 3.27. The highest BCUT2D eigenvalue weighted by Gasteiger charge is 2.34. The van der Waals surface area contributed by atoms with Gasteiger partial charge in [0.1, 0.15) is 12.1 Å². The molecule has 1 aromatic carbocycles. The standard InChI is InChI=1S/C16H21N3O3/c1-10(15(21)17-3)19-9-13-7-5-4-6-12(13)8-14(16(19)22)18-11(2)20/h4-7,10,14H,8-9H2,1-3H3,(H,17,21)(H,18,20)/t10-,14-/m0/s1. The topological polar surface area (TPSA) is 78.5 Å². The average molecular weight is 303 g/mol. The minimum atomic E-state index is -0.645. The van der Waals surface area contributed by atoms with Gasteiger partial charge in [-0.25, -0.2) is 0 Å². The average Bonchev–Trinajstić information content (AvgIpc) is 2.63. The van der Waals surface area contributed by atoms with Crippen molar-refractivity contribution >= 4 is 17.7 Å². The summed E-state index contributed by atoms with van der Waals surface area (Å²) in [4.78, 5) is 37.6. The van der Waals surface area contributed by atoms with Crippen molar-refractivity contribution in [2.75, 3.05) is 7.05 Å². The van der Waals surface area contributed by atoms with Gasteiger partial charge in [-0.3, -0.25) is 14.4 Å². The van der Waals surface area contributed by atoms with Crippen LogP contribution < -0.4 is 10.6 Å². The van der Waals surface area contributed by atoms with Gasteiger partial charge in [0.05, 0.1) is 0 Å². The summed E-state index contributed by atoms with van der Waals surface area (Å²) in [5, 5.41) is 5.25. The summed E-state index contributed by atoms with van der Waals surface area (Å²) < 4.78 is 0. The van der Waals surface area contributed by atoms with Gasteiger partial charge < -0.3 is 15.5 Å². The van der Waals surface area contributed by atoms with E-state index in [0.717, 1.165) is 11.1 Å². The lowest BCUT2D eigenvalue weighted by Gasteiger charge is -2.29. The molecule has 0 spiro atoms. The Morgan fingerprint density at radius 2 is 1.91 bits per heavy atom. The predicted octanol–water partition coefficient (Wildman–Crippen LogP) is 0.210. The Kier molecular flexibility index (Phi) is 4.80. The molecule has 3 amide bonds. The maximum absolute atomic E-state index is 12.7. The lowest BCUT2D eigenvalue weighted by Crippen LogP contribution is -2.53. The van der Waals surface area contributed by atoms with E-state index < -0.39 is 12.1 Å². The third-order valence-corrected chi connectivity index (χ3v) is 3.94. The van der Waals surface area contributed by atoms with E-state index in [1.807, 2.05) is 24.3 Å². The van der Waals surface area contributed by atoms with E-state index in [2.05, 4.69) is 10.6 Å². The SMILES string of the molecule is CNC(=O)[C@H](C)N1Cc2ccccc2C[C@H](NC(C)=O)C1=O. The Balaban J connectivity index is 2.38. The van der Waals surface area contributed by atoms with E-state index in [-0.39, 0.29) is 17.7 Å². The van der Waals surface area contributed by atoms with Gasteiger partial charge in [-0.05, 0) is 18.1 Å². The molecular weight excluding hydrogens is 282 g/mol. The Hall–Kier alpha value is -2.37. The van der Waals surface area contributed by atoms with Gasteiger partial charge in [0, 0.05) is 26.9 Å². The van der Waals surface area contributed by atoms with Crippen LogP contribution in [0.15, 0.2) is 24.3 Å². The number of amides is 3. The molecule has 2 atom stereocenters. The number of likely N-dealkylation sites (N-methyl/N-ethyl adjacent to an activating group) is 1. The molecule has 118 valence electrons. The molecular formula is C16H21N3O3. The summed E-state index contributed by atoms with van der Waals surface area (Å²) in [5.74, 6) is -0.720. The number of benzene rings is 1. The molecule has 1 aliphatic rings. The summed E-state index contributed by atoms with van der Waals surface area (Å²) in [6.07, 6.45) is 0.436. The van der Waals surface area contributed by atoms with Gasteiger partial charge >= 0.3 is 0 Å². The summed E-state index contributed by atoms with van der Waals surface area (Å²) in [6.45, 7) is 3.44. The number of rotatable bonds is 3. The molecule has 0 saturated carbocycles. The van der Waals surface area contributed by atoms with Crippen LogP contribution in [0.4, 0.5) is 0 Å². The molecule has 2 N–H and O–H groups in total. The normalized spacial score (nSPS) is 19.0. The molecule has 0 bridgehead atoms. The van der Waals surface area contributed by atoms with Crippen LogP contribution in [0.3, 0.4) is 0 Å². The molecule has 6 nitrogen and oxygen atoms in total. The second kappa shape index (κ2) is 6.60. The quantitative estimate of drug-likeness (QED) is 0.838. The van der Waals surface area contributed by atoms with Crippen LogP contribution >= 0.6 is 0 Å². The molecule has 0 unspecified atom stereocenters. The Morgan fingerprint density at radius 1 is 1.27 bits per heavy atom. The molecule has 0 saturated heterocycles. The first-order chi connectivity index (χ1) is 10.4. The lowest BCUT2D eigenvalue weighted by molar-refractivity contribution is -0.142. The van der Waals surface area contributed by atoms with Crippen LogP contribution in [-0.4, -0.2) is 41.8 Å². The number of carbonyl (C=O) groups excluding carboxylic acids is 3. The maximum Gasteiger partial charge on any atom is 0.246 e. The monoisotopic (exact) mass is 303 g/mol. The Labute approximate surface area is 129 Å². The zero-order chi connectivity index (χ0) is 16.3. The zero-order valence-electron chi connectivity index (χ0n) is 13.1. The van der Waals surface area contributed by atoms with Crippen LogP contribution in [-0.2, 0) is 27.3 Å². The number of hydrogen-bond acceptors (Lipinski definition) is 3. The number of fused-ring (bicyclic) bond motifs is 1. The molecule has 6 heteroatoms. The van der Waals surface area contributed by atoms with Crippen LogP contribution in [0, 0.1) is 0 Å². The molecule has 1 heterocycles. The van der Waals surface area contributed by atoms with Gasteiger partial charge in [-0.2, -0.15) is 0 Å². The van der Waals surface area contributed by atoms with E-state index in [9.17, 15) is 14.4 Å². The number of nitrogens with zero attached hydrogens (tertiary/aromatic N) is 1. The van der Waals surface area contributed by atoms with Crippen molar-refractivity contribution < 1.29 is 14.4 Å². The molecule has 22 heavy (non-hydrogen) atoms. The van der Waals surface area contributed by atoms with Crippen LogP contribution in [0.5, 0.6) is 0 Å². The van der Waals surface area contributed by atoms with Gasteiger partial charge in [0.25, 0.3) is 0 Å². The molecule has 0 aromatic heterocycles. The maximum atomic E-state index is 12.7. The van der Waals surface area contributed by atoms with Crippen LogP contribution in [0.1, 0.15) is 25.0 Å². The molecule has 0 aliphatic carbocycles. The fraction of sp³-hybridized carbons (Fsp3) is 0.438. The van der Waals surface area contributed by atoms with Crippen molar-refractivity contribution in [1.82, 2.24) is 15.5 Å². The number of carbonyl (C=O) groups is 3. The molecule has 0 radical (unpaired) electrons. The fourth-order valence-electron chi connectivity index (χ4n) is 2.72. The van der Waals surface area contributed by atoms with Gasteiger partial charge in [-0.15, -0.1) is 0 Å². The van der Waals surface area contributed by atoms with Crippen molar-refractivity contribution in [3.63, 3.8) is 0 Å². The summed E-state index contributed by atoms with van der Waals surface area (Å²) >= 11 is 0. The summed E-state index contributed by atoms with van der Waals surface area (Å²) in [7, 11) is 1.54. The van der Waals surface area contributed by atoms with Crippen molar-refractivity contribution in [2.45, 2.75) is 38.9 Å². The predicted molar refractivity (Wildman–Crippen MR) is 81.8 cm³/mol. The van der Waals surface area contributed by atoms with Crippen LogP contribution in [0.2, 0.25) is 0 Å². The second-order valence-electron chi connectivity index (χ2n) is 5.48. The zero-order valence-corrected chi connectivity index (χ0v) is 13.1. The minimum Gasteiger partial charge on any atom is -0.357 e. The molecule has 0 fully saturated rings. The largest absolute Gasteiger partial charge is 0.357 e. The second-order valence-corrected chi connectivity index (χ2v) is 5.48. The first-order valence-electron chi connectivity index (χ1n) is 7.30. The van der Waals surface area contributed by atoms with Crippen molar-refractivity contribution in [3.8, 4) is 0 Å². The van der Waals surface area contributed by atoms with E-state index in [1.165, 1.54) is 11.8 Å². The van der Waals surface area contributed by atoms with Gasteiger partial charge in [0.15, 0.2) is 0 Å². The first kappa shape index (κ1) is 16.0. The highest BCUT2D eigenvalue weighted by molar-refractivity contribution is 5.92. The van der Waals surface area contributed by atoms with Gasteiger partial charge in [-0.1, -0.05) is 24.3 Å². The number of hydrogen-bond donors (Lipinski definition) is 2. The third-order valence-electron chi connectivity index (χ3n) is 3.94. The Morgan fingerprint density at radius 3 is 2.50 bits per heavy atom. The first-order valence-corrected chi connectivity index (χ1v) is 7.30. The fourth-order valence-corrected chi connectivity index (χ4v) is 2.72. The minimum absolute atomic E-state index is 0.227. The van der Waals surface area contributed by atoms with Crippen LogP contribution in [0.25, 0.3) is 0 Å². The van der Waals surface area contributed by atoms with Crippen molar-refractivity contribution in [3.05, 3.63) is 35.4 Å². The summed E-state index contributed by atoms with van der Waals surface area (Å²) in [6, 6.07) is 6.47. The van der Waals surface area contributed by atoms with E-state index in [1.54, 1.807) is 14.0 Å². The summed E-state index contributed by atoms with van der Waals surface area (Å²) in [5.41, 5.74) is 2.01. The van der Waals surface area contributed by atoms with E-state index >= 15 is 0 Å². The lowest BCUT2D eigenvalue weighted by atomic mass is 10.0. The smallest absolute Gasteiger partial charge is 0.246 e. The highest BCUT2D eigenvalue weighted by atomic mass is 16.2. The molecule has 2 rings (SSSR count). The highest BCUT2D eigenvalue weighted by Crippen LogP contribution is 2.21. The number of nitrogens with one attached hydrogen (secondary N) is 2. The van der Waals surface area contributed by atoms with E-state index in [0.29, 0.717) is 13.0 Å². The van der Waals surface area contributed by atoms with Crippen molar-refractivity contribution in [2.24, 2.45) is 0 Å². The van der Waals surface area contributed by atoms with Crippen molar-refractivity contribution in [1.29, 1.82) is 0 Å². The van der Waals surface area contributed by atoms with E-state index in [4.69, 9.17) is 0 Å². The van der Waals surface area contributed by atoms with Gasteiger partial charge in [0.2, 0.25) is 17.7 Å². The Bertz CT molecular complexity index is 600.